The van der Waals surface area contributed by atoms with Crippen LogP contribution in [0, 0.1) is 11.2 Å². The number of aromatic nitrogens is 3. The Bertz CT molecular complexity index is 583. The van der Waals surface area contributed by atoms with Crippen molar-refractivity contribution in [2.45, 2.75) is 0 Å². The van der Waals surface area contributed by atoms with Crippen molar-refractivity contribution in [3.8, 4) is 0 Å². The second-order valence-electron chi connectivity index (χ2n) is 3.29. The third-order valence-corrected chi connectivity index (χ3v) is 2.06. The zero-order valence-corrected chi connectivity index (χ0v) is 8.68. The molecule has 0 aliphatic rings. The molecule has 0 spiro atoms. The summed E-state index contributed by atoms with van der Waals surface area (Å²) >= 11 is 0. The lowest BCUT2D eigenvalue weighted by Gasteiger charge is -2.06. The van der Waals surface area contributed by atoms with E-state index < -0.39 is 5.82 Å². The van der Waals surface area contributed by atoms with Crippen molar-refractivity contribution in [2.75, 3.05) is 11.5 Å². The first-order chi connectivity index (χ1) is 8.08. The highest BCUT2D eigenvalue weighted by Gasteiger charge is 2.12. The van der Waals surface area contributed by atoms with Crippen LogP contribution in [0.2, 0.25) is 0 Å². The lowest BCUT2D eigenvalue weighted by Crippen LogP contribution is -2.10. The fourth-order valence-electron chi connectivity index (χ4n) is 1.29. The summed E-state index contributed by atoms with van der Waals surface area (Å²) in [6.45, 7) is 0. The van der Waals surface area contributed by atoms with E-state index in [1.54, 1.807) is 0 Å². The van der Waals surface area contributed by atoms with E-state index in [-0.39, 0.29) is 28.6 Å². The first kappa shape index (κ1) is 10.9. The molecule has 2 rings (SSSR count). The molecule has 6 nitrogen and oxygen atoms in total. The highest BCUT2D eigenvalue weighted by Crippen LogP contribution is 2.14. The Balaban J connectivity index is 2.47. The lowest BCUT2D eigenvalue weighted by molar-refractivity contribution is 0.621. The van der Waals surface area contributed by atoms with Crippen LogP contribution in [-0.2, 0) is 0 Å². The van der Waals surface area contributed by atoms with Crippen molar-refractivity contribution >= 4 is 17.3 Å². The van der Waals surface area contributed by atoms with Crippen LogP contribution in [0.25, 0.3) is 0 Å². The van der Waals surface area contributed by atoms with Gasteiger partial charge in [-0.15, -0.1) is 0 Å². The summed E-state index contributed by atoms with van der Waals surface area (Å²) in [5.41, 5.74) is 11.3. The Morgan fingerprint density at radius 2 is 2.00 bits per heavy atom. The Morgan fingerprint density at radius 3 is 2.71 bits per heavy atom. The van der Waals surface area contributed by atoms with Gasteiger partial charge in [0.25, 0.3) is 0 Å². The van der Waals surface area contributed by atoms with E-state index in [2.05, 4.69) is 15.0 Å². The standard InChI is InChI=1S/C10H9FN6/c11-5-1-6(10(14)16-2-5)9(13)7-3-15-4-8(12)17-7/h1-4,13H,(H2,12,17)(H2,14,16). The van der Waals surface area contributed by atoms with Crippen molar-refractivity contribution < 1.29 is 4.39 Å². The summed E-state index contributed by atoms with van der Waals surface area (Å²) in [5.74, 6) is -0.341. The topological polar surface area (TPSA) is 115 Å². The molecule has 17 heavy (non-hydrogen) atoms. The van der Waals surface area contributed by atoms with E-state index in [4.69, 9.17) is 16.9 Å². The van der Waals surface area contributed by atoms with Gasteiger partial charge >= 0.3 is 0 Å². The normalized spacial score (nSPS) is 10.2. The number of pyridine rings is 1. The molecule has 0 aromatic carbocycles. The largest absolute Gasteiger partial charge is 0.383 e. The van der Waals surface area contributed by atoms with Gasteiger partial charge < -0.3 is 11.5 Å². The Morgan fingerprint density at radius 1 is 1.24 bits per heavy atom. The molecular formula is C10H9FN6. The molecule has 2 heterocycles. The maximum Gasteiger partial charge on any atom is 0.142 e. The van der Waals surface area contributed by atoms with Crippen LogP contribution in [0.5, 0.6) is 0 Å². The van der Waals surface area contributed by atoms with Gasteiger partial charge in [0.05, 0.1) is 24.3 Å². The van der Waals surface area contributed by atoms with Crippen molar-refractivity contribution in [3.63, 3.8) is 0 Å². The van der Waals surface area contributed by atoms with Gasteiger partial charge in [0.15, 0.2) is 0 Å². The Hall–Kier alpha value is -2.57. The lowest BCUT2D eigenvalue weighted by atomic mass is 10.1. The van der Waals surface area contributed by atoms with Crippen LogP contribution >= 0.6 is 0 Å². The van der Waals surface area contributed by atoms with Gasteiger partial charge in [-0.25, -0.2) is 14.4 Å². The van der Waals surface area contributed by atoms with Crippen LogP contribution < -0.4 is 11.5 Å². The monoisotopic (exact) mass is 232 g/mol. The van der Waals surface area contributed by atoms with Gasteiger partial charge in [0.2, 0.25) is 0 Å². The molecule has 0 aliphatic heterocycles. The van der Waals surface area contributed by atoms with Gasteiger partial charge in [-0.05, 0) is 6.07 Å². The molecule has 2 aromatic rings. The van der Waals surface area contributed by atoms with Gasteiger partial charge in [-0.1, -0.05) is 0 Å². The van der Waals surface area contributed by atoms with Crippen molar-refractivity contribution in [2.24, 2.45) is 0 Å². The van der Waals surface area contributed by atoms with E-state index in [0.29, 0.717) is 0 Å². The van der Waals surface area contributed by atoms with Gasteiger partial charge in [0, 0.05) is 5.56 Å². The third kappa shape index (κ3) is 2.17. The number of nitrogens with one attached hydrogen (secondary N) is 1. The van der Waals surface area contributed by atoms with Gasteiger partial charge in [0.1, 0.15) is 23.1 Å². The predicted molar refractivity (Wildman–Crippen MR) is 61.0 cm³/mol. The molecule has 0 saturated heterocycles. The molecule has 86 valence electrons. The molecule has 0 fully saturated rings. The van der Waals surface area contributed by atoms with E-state index >= 15 is 0 Å². The minimum absolute atomic E-state index is 0.0561. The van der Waals surface area contributed by atoms with Gasteiger partial charge in [-0.2, -0.15) is 0 Å². The molecule has 0 unspecified atom stereocenters. The zero-order chi connectivity index (χ0) is 12.4. The summed E-state index contributed by atoms with van der Waals surface area (Å²) in [5, 5.41) is 7.86. The molecule has 0 saturated carbocycles. The molecule has 0 radical (unpaired) electrons. The van der Waals surface area contributed by atoms with Crippen LogP contribution in [0.15, 0.2) is 24.7 Å². The maximum atomic E-state index is 13.0. The average molecular weight is 232 g/mol. The van der Waals surface area contributed by atoms with Crippen LogP contribution in [0.1, 0.15) is 11.3 Å². The first-order valence-electron chi connectivity index (χ1n) is 4.66. The minimum Gasteiger partial charge on any atom is -0.383 e. The number of nitrogen functional groups attached to an aromatic ring is 2. The van der Waals surface area contributed by atoms with E-state index in [0.717, 1.165) is 12.3 Å². The molecule has 5 N–H and O–H groups in total. The zero-order valence-electron chi connectivity index (χ0n) is 8.68. The summed E-state index contributed by atoms with van der Waals surface area (Å²) < 4.78 is 13.0. The van der Waals surface area contributed by atoms with E-state index in [9.17, 15) is 4.39 Å². The fraction of sp³-hybridized carbons (Fsp3) is 0. The maximum absolute atomic E-state index is 13.0. The number of rotatable bonds is 2. The third-order valence-electron chi connectivity index (χ3n) is 2.06. The first-order valence-corrected chi connectivity index (χ1v) is 4.66. The van der Waals surface area contributed by atoms with Crippen LogP contribution in [-0.4, -0.2) is 20.7 Å². The Kier molecular flexibility index (Phi) is 2.65. The summed E-state index contributed by atoms with van der Waals surface area (Å²) in [6, 6.07) is 1.12. The van der Waals surface area contributed by atoms with E-state index in [1.165, 1.54) is 12.4 Å². The number of anilines is 2. The smallest absolute Gasteiger partial charge is 0.142 e. The molecule has 0 bridgehead atoms. The number of nitrogens with zero attached hydrogens (tertiary/aromatic N) is 3. The Labute approximate surface area is 96.0 Å². The number of hydrogen-bond donors (Lipinski definition) is 3. The summed E-state index contributed by atoms with van der Waals surface area (Å²) in [6.07, 6.45) is 3.68. The van der Waals surface area contributed by atoms with Gasteiger partial charge in [-0.3, -0.25) is 10.4 Å². The molecule has 0 atom stereocenters. The quantitative estimate of drug-likeness (QED) is 0.655. The van der Waals surface area contributed by atoms with Crippen molar-refractivity contribution in [1.29, 1.82) is 5.41 Å². The SMILES string of the molecule is N=C(c1cncc(N)n1)c1cc(F)cnc1N. The van der Waals surface area contributed by atoms with Crippen LogP contribution in [0.3, 0.4) is 0 Å². The molecule has 2 aromatic heterocycles. The summed E-state index contributed by atoms with van der Waals surface area (Å²) in [4.78, 5) is 11.3. The van der Waals surface area contributed by atoms with Crippen LogP contribution in [0.4, 0.5) is 16.0 Å². The fourth-order valence-corrected chi connectivity index (χ4v) is 1.29. The number of hydrogen-bond acceptors (Lipinski definition) is 6. The molecule has 7 heteroatoms. The number of nitrogens with two attached hydrogens (primary N) is 2. The second kappa shape index (κ2) is 4.12. The number of halogens is 1. The van der Waals surface area contributed by atoms with E-state index in [1.807, 2.05) is 0 Å². The summed E-state index contributed by atoms with van der Waals surface area (Å²) in [7, 11) is 0. The molecule has 0 amide bonds. The highest BCUT2D eigenvalue weighted by molar-refractivity contribution is 6.12. The average Bonchev–Trinajstić information content (AvgIpc) is 2.31. The molecule has 0 aliphatic carbocycles. The minimum atomic E-state index is -0.573. The highest BCUT2D eigenvalue weighted by atomic mass is 19.1. The second-order valence-corrected chi connectivity index (χ2v) is 3.29. The molecular weight excluding hydrogens is 223 g/mol. The van der Waals surface area contributed by atoms with Crippen molar-refractivity contribution in [3.05, 3.63) is 41.7 Å². The predicted octanol–water partition coefficient (Wildman–Crippen LogP) is 0.591. The van der Waals surface area contributed by atoms with Crippen molar-refractivity contribution in [1.82, 2.24) is 15.0 Å².